The third-order valence-electron chi connectivity index (χ3n) is 2.90. The van der Waals surface area contributed by atoms with Gasteiger partial charge in [0.25, 0.3) is 5.91 Å². The van der Waals surface area contributed by atoms with Crippen LogP contribution in [0.2, 0.25) is 0 Å². The average Bonchev–Trinajstić information content (AvgIpc) is 2.61. The van der Waals surface area contributed by atoms with E-state index in [-0.39, 0.29) is 23.3 Å². The quantitative estimate of drug-likeness (QED) is 0.771. The molecule has 9 heteroatoms. The van der Waals surface area contributed by atoms with E-state index in [1.54, 1.807) is 4.90 Å². The smallest absolute Gasteiger partial charge is 0.377 e. The first kappa shape index (κ1) is 15.6. The van der Waals surface area contributed by atoms with Crippen LogP contribution in [0.4, 0.5) is 3.89 Å². The van der Waals surface area contributed by atoms with Crippen LogP contribution in [-0.2, 0) is 15.2 Å². The van der Waals surface area contributed by atoms with Crippen LogP contribution in [0, 0.1) is 0 Å². The molecule has 1 aromatic rings. The van der Waals surface area contributed by atoms with E-state index in [4.69, 9.17) is 4.74 Å². The van der Waals surface area contributed by atoms with Gasteiger partial charge in [0.05, 0.1) is 17.9 Å². The summed E-state index contributed by atoms with van der Waals surface area (Å²) in [5, 5.41) is 0. The van der Waals surface area contributed by atoms with Crippen LogP contribution >= 0.6 is 0 Å². The van der Waals surface area contributed by atoms with E-state index in [1.807, 2.05) is 6.92 Å². The third kappa shape index (κ3) is 4.64. The van der Waals surface area contributed by atoms with E-state index >= 15 is 0 Å². The molecule has 0 spiro atoms. The molecule has 0 N–H and O–H groups in total. The van der Waals surface area contributed by atoms with Gasteiger partial charge in [0, 0.05) is 25.9 Å². The molecule has 0 saturated carbocycles. The first-order valence-electron chi connectivity index (χ1n) is 6.35. The zero-order chi connectivity index (χ0) is 15.5. The molecule has 0 unspecified atom stereocenters. The Balaban J connectivity index is 2.16. The second kappa shape index (κ2) is 6.35. The summed E-state index contributed by atoms with van der Waals surface area (Å²) in [5.41, 5.74) is 0.130. The van der Waals surface area contributed by atoms with Gasteiger partial charge in [0.2, 0.25) is 0 Å². The van der Waals surface area contributed by atoms with Gasteiger partial charge < -0.3 is 13.8 Å². The van der Waals surface area contributed by atoms with E-state index in [9.17, 15) is 17.1 Å². The van der Waals surface area contributed by atoms with Crippen molar-refractivity contribution in [2.24, 2.45) is 0 Å². The molecule has 1 fully saturated rings. The van der Waals surface area contributed by atoms with Crippen LogP contribution in [0.15, 0.2) is 18.5 Å². The van der Waals surface area contributed by atoms with Gasteiger partial charge >= 0.3 is 10.5 Å². The fourth-order valence-corrected chi connectivity index (χ4v) is 2.38. The molecule has 0 bridgehead atoms. The predicted molar refractivity (Wildman–Crippen MR) is 70.8 cm³/mol. The second-order valence-corrected chi connectivity index (χ2v) is 5.62. The second-order valence-electron chi connectivity index (χ2n) is 4.67. The highest BCUT2D eigenvalue weighted by molar-refractivity contribution is 7.81. The molecule has 1 saturated heterocycles. The Morgan fingerprint density at radius 2 is 2.29 bits per heavy atom. The SMILES string of the molecule is C[C@H]1CN(C(=O)c2cncc(OS(=O)(=O)F)c2)CCCO1. The predicted octanol–water partition coefficient (Wildman–Crippen LogP) is 0.926. The molecule has 1 aliphatic rings. The number of halogens is 1. The number of amides is 1. The minimum atomic E-state index is -5.14. The largest absolute Gasteiger partial charge is 0.488 e. The maximum Gasteiger partial charge on any atom is 0.488 e. The molecule has 116 valence electrons. The van der Waals surface area contributed by atoms with Crippen LogP contribution in [0.5, 0.6) is 5.75 Å². The maximum atomic E-state index is 12.5. The van der Waals surface area contributed by atoms with Crippen molar-refractivity contribution in [3.05, 3.63) is 24.0 Å². The van der Waals surface area contributed by atoms with Gasteiger partial charge in [-0.05, 0) is 19.4 Å². The minimum Gasteiger partial charge on any atom is -0.377 e. The van der Waals surface area contributed by atoms with Crippen molar-refractivity contribution < 1.29 is 26.0 Å². The van der Waals surface area contributed by atoms with E-state index < -0.39 is 10.5 Å². The van der Waals surface area contributed by atoms with E-state index in [0.29, 0.717) is 26.1 Å². The van der Waals surface area contributed by atoms with Gasteiger partial charge in [-0.25, -0.2) is 0 Å². The summed E-state index contributed by atoms with van der Waals surface area (Å²) in [6.45, 7) is 3.38. The standard InChI is InChI=1S/C12H15FN2O5S/c1-9-8-15(3-2-4-19-9)12(16)10-5-11(7-14-6-10)20-21(13,17)18/h5-7,9H,2-4,8H2,1H3/t9-/m0/s1. The van der Waals surface area contributed by atoms with Crippen molar-refractivity contribution >= 4 is 16.4 Å². The molecule has 1 aliphatic heterocycles. The summed E-state index contributed by atoms with van der Waals surface area (Å²) in [6.07, 6.45) is 2.91. The number of carbonyl (C=O) groups excluding carboxylic acids is 1. The number of pyridine rings is 1. The topological polar surface area (TPSA) is 85.8 Å². The summed E-state index contributed by atoms with van der Waals surface area (Å²) < 4.78 is 42.9. The first-order chi connectivity index (χ1) is 9.85. The minimum absolute atomic E-state index is 0.0879. The lowest BCUT2D eigenvalue weighted by Crippen LogP contribution is -2.36. The van der Waals surface area contributed by atoms with Crippen LogP contribution in [0.3, 0.4) is 0 Å². The summed E-state index contributed by atoms with van der Waals surface area (Å²) in [5.74, 6) is -0.677. The number of nitrogens with zero attached hydrogens (tertiary/aromatic N) is 2. The fourth-order valence-electron chi connectivity index (χ4n) is 2.06. The van der Waals surface area contributed by atoms with Crippen molar-refractivity contribution in [2.75, 3.05) is 19.7 Å². The molecule has 21 heavy (non-hydrogen) atoms. The number of hydrogen-bond donors (Lipinski definition) is 0. The van der Waals surface area contributed by atoms with Crippen molar-refractivity contribution in [3.8, 4) is 5.75 Å². The highest BCUT2D eigenvalue weighted by Gasteiger charge is 2.22. The third-order valence-corrected chi connectivity index (χ3v) is 3.29. The monoisotopic (exact) mass is 318 g/mol. The number of aromatic nitrogens is 1. The molecule has 0 radical (unpaired) electrons. The number of ether oxygens (including phenoxy) is 1. The van der Waals surface area contributed by atoms with Gasteiger partial charge in [-0.15, -0.1) is 0 Å². The van der Waals surface area contributed by atoms with Crippen LogP contribution in [-0.4, -0.2) is 50.0 Å². The normalized spacial score (nSPS) is 19.9. The maximum absolute atomic E-state index is 12.5. The summed E-state index contributed by atoms with van der Waals surface area (Å²) >= 11 is 0. The Bertz CT molecular complexity index is 622. The van der Waals surface area contributed by atoms with Crippen molar-refractivity contribution in [1.29, 1.82) is 0 Å². The van der Waals surface area contributed by atoms with Gasteiger partial charge in [0.1, 0.15) is 0 Å². The van der Waals surface area contributed by atoms with Crippen molar-refractivity contribution in [2.45, 2.75) is 19.4 Å². The Hall–Kier alpha value is -1.74. The lowest BCUT2D eigenvalue weighted by Gasteiger charge is -2.22. The van der Waals surface area contributed by atoms with Gasteiger partial charge in [-0.2, -0.15) is 8.42 Å². The Morgan fingerprint density at radius 3 is 3.00 bits per heavy atom. The lowest BCUT2D eigenvalue weighted by molar-refractivity contribution is 0.0562. The Morgan fingerprint density at radius 1 is 1.52 bits per heavy atom. The molecule has 1 aromatic heterocycles. The molecule has 0 aromatic carbocycles. The van der Waals surface area contributed by atoms with E-state index in [1.165, 1.54) is 6.20 Å². The van der Waals surface area contributed by atoms with Gasteiger partial charge in [-0.3, -0.25) is 9.78 Å². The van der Waals surface area contributed by atoms with Crippen LogP contribution < -0.4 is 4.18 Å². The van der Waals surface area contributed by atoms with Gasteiger partial charge in [0.15, 0.2) is 5.75 Å². The summed E-state index contributed by atoms with van der Waals surface area (Å²) in [7, 11) is -5.14. The number of carbonyl (C=O) groups is 1. The zero-order valence-corrected chi connectivity index (χ0v) is 12.2. The fraction of sp³-hybridized carbons (Fsp3) is 0.500. The first-order valence-corrected chi connectivity index (χ1v) is 7.66. The van der Waals surface area contributed by atoms with E-state index in [0.717, 1.165) is 12.3 Å². The average molecular weight is 318 g/mol. The van der Waals surface area contributed by atoms with Gasteiger partial charge in [-0.1, -0.05) is 3.89 Å². The molecule has 0 aliphatic carbocycles. The molecule has 1 atom stereocenters. The highest BCUT2D eigenvalue weighted by Crippen LogP contribution is 2.17. The highest BCUT2D eigenvalue weighted by atomic mass is 32.3. The van der Waals surface area contributed by atoms with Crippen LogP contribution in [0.25, 0.3) is 0 Å². The Labute approximate surface area is 122 Å². The van der Waals surface area contributed by atoms with Crippen LogP contribution in [0.1, 0.15) is 23.7 Å². The summed E-state index contributed by atoms with van der Waals surface area (Å²) in [6, 6.07) is 1.14. The van der Waals surface area contributed by atoms with Crippen molar-refractivity contribution in [3.63, 3.8) is 0 Å². The number of rotatable bonds is 3. The van der Waals surface area contributed by atoms with E-state index in [2.05, 4.69) is 9.17 Å². The molecule has 1 amide bonds. The zero-order valence-electron chi connectivity index (χ0n) is 11.4. The summed E-state index contributed by atoms with van der Waals surface area (Å²) in [4.78, 5) is 17.6. The molecule has 2 heterocycles. The Kier molecular flexibility index (Phi) is 4.73. The van der Waals surface area contributed by atoms with Crippen molar-refractivity contribution in [1.82, 2.24) is 9.88 Å². The lowest BCUT2D eigenvalue weighted by atomic mass is 10.2. The molecular weight excluding hydrogens is 303 g/mol. The molecular formula is C12H15FN2O5S. The molecule has 7 nitrogen and oxygen atoms in total. The number of hydrogen-bond acceptors (Lipinski definition) is 6. The molecule has 2 rings (SSSR count).